The summed E-state index contributed by atoms with van der Waals surface area (Å²) in [6.45, 7) is 3.07. The van der Waals surface area contributed by atoms with Gasteiger partial charge in [0, 0.05) is 54.5 Å². The van der Waals surface area contributed by atoms with E-state index in [0.29, 0.717) is 6.54 Å². The molecule has 0 saturated heterocycles. The molecule has 0 aliphatic rings. The molecule has 0 spiro atoms. The first-order valence-corrected chi connectivity index (χ1v) is 10.9. The standard InChI is InChI=1S/C20H25ClN6OS/c21-17-4-6-19(7-5-17)29-16-12-24-20(23-10-8-18-3-1-15-28-18)22-9-2-13-27-14-11-25-26-27/h1,3-7,11,14-15H,2,8-10,12-13,16H2,(H2,22,23,24). The molecule has 0 radical (unpaired) electrons. The third-order valence-corrected chi connectivity index (χ3v) is 5.27. The van der Waals surface area contributed by atoms with Crippen LogP contribution >= 0.6 is 23.4 Å². The quantitative estimate of drug-likeness (QED) is 0.209. The highest BCUT2D eigenvalue weighted by atomic mass is 35.5. The van der Waals surface area contributed by atoms with E-state index in [1.165, 1.54) is 4.90 Å². The summed E-state index contributed by atoms with van der Waals surface area (Å²) in [4.78, 5) is 5.88. The van der Waals surface area contributed by atoms with Crippen LogP contribution in [0, 0.1) is 0 Å². The molecule has 9 heteroatoms. The molecule has 3 rings (SSSR count). The minimum absolute atomic E-state index is 0.709. The molecule has 0 amide bonds. The average molecular weight is 433 g/mol. The fourth-order valence-electron chi connectivity index (χ4n) is 2.58. The molecule has 2 heterocycles. The molecule has 7 nitrogen and oxygen atoms in total. The summed E-state index contributed by atoms with van der Waals surface area (Å²) < 4.78 is 7.20. The lowest BCUT2D eigenvalue weighted by atomic mass is 10.3. The molecule has 29 heavy (non-hydrogen) atoms. The van der Waals surface area contributed by atoms with Gasteiger partial charge in [-0.1, -0.05) is 16.8 Å². The first-order chi connectivity index (χ1) is 14.3. The molecule has 154 valence electrons. The van der Waals surface area contributed by atoms with Gasteiger partial charge in [0.2, 0.25) is 0 Å². The van der Waals surface area contributed by atoms with Gasteiger partial charge in [-0.15, -0.1) is 16.9 Å². The van der Waals surface area contributed by atoms with Gasteiger partial charge in [0.25, 0.3) is 0 Å². The van der Waals surface area contributed by atoms with Crippen LogP contribution in [0.4, 0.5) is 0 Å². The van der Waals surface area contributed by atoms with Crippen molar-refractivity contribution in [1.29, 1.82) is 0 Å². The van der Waals surface area contributed by atoms with E-state index >= 15 is 0 Å². The number of benzene rings is 1. The van der Waals surface area contributed by atoms with Gasteiger partial charge >= 0.3 is 0 Å². The lowest BCUT2D eigenvalue weighted by molar-refractivity contribution is 0.506. The molecular formula is C20H25ClN6OS. The first-order valence-electron chi connectivity index (χ1n) is 9.56. The van der Waals surface area contributed by atoms with Crippen LogP contribution in [0.3, 0.4) is 0 Å². The molecule has 2 N–H and O–H groups in total. The van der Waals surface area contributed by atoms with Gasteiger partial charge in [-0.25, -0.2) is 0 Å². The molecule has 3 aromatic rings. The number of hydrogen-bond acceptors (Lipinski definition) is 5. The minimum Gasteiger partial charge on any atom is -0.469 e. The Balaban J connectivity index is 1.41. The van der Waals surface area contributed by atoms with Gasteiger partial charge in [-0.3, -0.25) is 9.67 Å². The molecule has 0 atom stereocenters. The van der Waals surface area contributed by atoms with Crippen molar-refractivity contribution in [3.8, 4) is 0 Å². The molecule has 1 aromatic carbocycles. The van der Waals surface area contributed by atoms with Crippen LogP contribution in [0.2, 0.25) is 5.02 Å². The lowest BCUT2D eigenvalue weighted by Crippen LogP contribution is -2.39. The molecular weight excluding hydrogens is 408 g/mol. The minimum atomic E-state index is 0.709. The number of guanidine groups is 1. The highest BCUT2D eigenvalue weighted by Crippen LogP contribution is 2.19. The summed E-state index contributed by atoms with van der Waals surface area (Å²) in [5.74, 6) is 2.70. The van der Waals surface area contributed by atoms with Gasteiger partial charge in [0.05, 0.1) is 12.5 Å². The third kappa shape index (κ3) is 8.21. The Morgan fingerprint density at radius 3 is 2.79 bits per heavy atom. The Morgan fingerprint density at radius 1 is 1.17 bits per heavy atom. The van der Waals surface area contributed by atoms with Gasteiger partial charge < -0.3 is 15.1 Å². The van der Waals surface area contributed by atoms with E-state index in [-0.39, 0.29) is 0 Å². The summed E-state index contributed by atoms with van der Waals surface area (Å²) in [6, 6.07) is 11.8. The monoisotopic (exact) mass is 432 g/mol. The predicted octanol–water partition coefficient (Wildman–Crippen LogP) is 3.48. The van der Waals surface area contributed by atoms with Gasteiger partial charge in [-0.2, -0.15) is 0 Å². The molecule has 0 bridgehead atoms. The van der Waals surface area contributed by atoms with Crippen LogP contribution in [-0.2, 0) is 13.0 Å². The number of aromatic nitrogens is 3. The summed E-state index contributed by atoms with van der Waals surface area (Å²) in [7, 11) is 0. The van der Waals surface area contributed by atoms with Crippen molar-refractivity contribution < 1.29 is 4.42 Å². The maximum Gasteiger partial charge on any atom is 0.191 e. The van der Waals surface area contributed by atoms with Crippen molar-refractivity contribution in [1.82, 2.24) is 25.6 Å². The zero-order valence-corrected chi connectivity index (χ0v) is 17.7. The highest BCUT2D eigenvalue weighted by Gasteiger charge is 2.01. The molecule has 0 fully saturated rings. The summed E-state index contributed by atoms with van der Waals surface area (Å²) in [6.07, 6.45) is 6.95. The van der Waals surface area contributed by atoms with Crippen LogP contribution < -0.4 is 10.6 Å². The Hall–Kier alpha value is -2.45. The van der Waals surface area contributed by atoms with Crippen LogP contribution in [0.1, 0.15) is 12.2 Å². The first kappa shape index (κ1) is 21.3. The van der Waals surface area contributed by atoms with Crippen molar-refractivity contribution in [3.63, 3.8) is 0 Å². The van der Waals surface area contributed by atoms with Crippen LogP contribution in [-0.4, -0.2) is 46.3 Å². The number of aryl methyl sites for hydroxylation is 1. The number of hydrogen-bond donors (Lipinski definition) is 2. The Labute approximate surface area is 179 Å². The normalized spacial score (nSPS) is 11.6. The fraction of sp³-hybridized carbons (Fsp3) is 0.350. The van der Waals surface area contributed by atoms with Crippen molar-refractivity contribution >= 4 is 29.3 Å². The molecule has 2 aromatic heterocycles. The Morgan fingerprint density at radius 2 is 2.03 bits per heavy atom. The van der Waals surface area contributed by atoms with Crippen molar-refractivity contribution in [3.05, 3.63) is 65.8 Å². The van der Waals surface area contributed by atoms with E-state index in [1.807, 2.05) is 47.3 Å². The maximum absolute atomic E-state index is 5.93. The van der Waals surface area contributed by atoms with E-state index in [2.05, 4.69) is 25.9 Å². The molecule has 0 aliphatic heterocycles. The zero-order chi connectivity index (χ0) is 20.2. The van der Waals surface area contributed by atoms with Crippen molar-refractivity contribution in [2.75, 3.05) is 25.4 Å². The van der Waals surface area contributed by atoms with Crippen LogP contribution in [0.5, 0.6) is 0 Å². The number of halogens is 1. The highest BCUT2D eigenvalue weighted by molar-refractivity contribution is 7.99. The van der Waals surface area contributed by atoms with E-state index in [4.69, 9.17) is 16.0 Å². The Bertz CT molecular complexity index is 837. The van der Waals surface area contributed by atoms with Crippen molar-refractivity contribution in [2.45, 2.75) is 24.3 Å². The zero-order valence-electron chi connectivity index (χ0n) is 16.1. The van der Waals surface area contributed by atoms with E-state index < -0.39 is 0 Å². The number of furan rings is 1. The summed E-state index contributed by atoms with van der Waals surface area (Å²) >= 11 is 7.71. The lowest BCUT2D eigenvalue weighted by Gasteiger charge is -2.12. The van der Waals surface area contributed by atoms with Crippen molar-refractivity contribution in [2.24, 2.45) is 4.99 Å². The number of thioether (sulfide) groups is 1. The number of nitrogens with one attached hydrogen (secondary N) is 2. The fourth-order valence-corrected chi connectivity index (χ4v) is 3.47. The predicted molar refractivity (Wildman–Crippen MR) is 118 cm³/mol. The van der Waals surface area contributed by atoms with Gasteiger partial charge in [0.1, 0.15) is 5.76 Å². The smallest absolute Gasteiger partial charge is 0.191 e. The molecule has 0 aliphatic carbocycles. The Kier molecular flexibility index (Phi) is 8.93. The number of rotatable bonds is 11. The maximum atomic E-state index is 5.93. The van der Waals surface area contributed by atoms with Crippen LogP contribution in [0.15, 0.2) is 69.4 Å². The average Bonchev–Trinajstić information content (AvgIpc) is 3.43. The summed E-state index contributed by atoms with van der Waals surface area (Å²) in [5, 5.41) is 15.3. The number of aliphatic imine (C=N–C) groups is 1. The second-order valence-electron chi connectivity index (χ2n) is 6.24. The van der Waals surface area contributed by atoms with Crippen LogP contribution in [0.25, 0.3) is 0 Å². The second kappa shape index (κ2) is 12.2. The molecule has 0 unspecified atom stereocenters. The molecule has 0 saturated carbocycles. The number of nitrogens with zero attached hydrogens (tertiary/aromatic N) is 4. The van der Waals surface area contributed by atoms with E-state index in [9.17, 15) is 0 Å². The SMILES string of the molecule is Clc1ccc(SCCNC(=NCCCn2ccnn2)NCCc2ccco2)cc1. The van der Waals surface area contributed by atoms with Gasteiger partial charge in [-0.05, 0) is 42.8 Å². The van der Waals surface area contributed by atoms with Gasteiger partial charge in [0.15, 0.2) is 5.96 Å². The van der Waals surface area contributed by atoms with E-state index in [0.717, 1.165) is 55.0 Å². The second-order valence-corrected chi connectivity index (χ2v) is 7.84. The summed E-state index contributed by atoms with van der Waals surface area (Å²) in [5.41, 5.74) is 0. The largest absolute Gasteiger partial charge is 0.469 e. The topological polar surface area (TPSA) is 80.3 Å². The van der Waals surface area contributed by atoms with E-state index in [1.54, 1.807) is 24.2 Å². The third-order valence-electron chi connectivity index (χ3n) is 4.01.